The van der Waals surface area contributed by atoms with Gasteiger partial charge in [-0.1, -0.05) is 6.42 Å². The van der Waals surface area contributed by atoms with Gasteiger partial charge in [0.05, 0.1) is 6.10 Å². The maximum Gasteiger partial charge on any atom is 0.150 e. The molecular weight excluding hydrogens is 204 g/mol. The second-order valence-corrected chi connectivity index (χ2v) is 4.19. The first-order valence-corrected chi connectivity index (χ1v) is 5.69. The van der Waals surface area contributed by atoms with Crippen LogP contribution in [0, 0.1) is 0 Å². The third kappa shape index (κ3) is 2.61. The Labute approximate surface area is 95.0 Å². The Morgan fingerprint density at radius 2 is 1.88 bits per heavy atom. The lowest BCUT2D eigenvalue weighted by molar-refractivity contribution is 0.00687. The minimum absolute atomic E-state index is 0.101. The zero-order valence-corrected chi connectivity index (χ0v) is 9.13. The fraction of sp³-hybridized carbons (Fsp3) is 0.462. The van der Waals surface area contributed by atoms with E-state index in [4.69, 9.17) is 4.74 Å². The van der Waals surface area contributed by atoms with Crippen molar-refractivity contribution < 1.29 is 14.6 Å². The number of carbonyl (C=O) groups excluding carboxylic acids is 1. The lowest BCUT2D eigenvalue weighted by Crippen LogP contribution is -2.34. The van der Waals surface area contributed by atoms with Crippen LogP contribution in [0.5, 0.6) is 5.75 Å². The van der Waals surface area contributed by atoms with Crippen molar-refractivity contribution >= 4 is 6.29 Å². The molecule has 0 saturated heterocycles. The Morgan fingerprint density at radius 1 is 1.19 bits per heavy atom. The number of benzene rings is 1. The van der Waals surface area contributed by atoms with Crippen molar-refractivity contribution in [2.75, 3.05) is 0 Å². The van der Waals surface area contributed by atoms with E-state index in [9.17, 15) is 9.90 Å². The lowest BCUT2D eigenvalue weighted by atomic mass is 9.95. The molecule has 0 heterocycles. The molecule has 16 heavy (non-hydrogen) atoms. The van der Waals surface area contributed by atoms with E-state index in [-0.39, 0.29) is 12.2 Å². The predicted molar refractivity (Wildman–Crippen MR) is 60.7 cm³/mol. The summed E-state index contributed by atoms with van der Waals surface area (Å²) in [6.07, 6.45) is 4.24. The van der Waals surface area contributed by atoms with Crippen molar-refractivity contribution in [3.8, 4) is 5.75 Å². The molecule has 1 aliphatic rings. The van der Waals surface area contributed by atoms with E-state index in [2.05, 4.69) is 0 Å². The normalized spacial score (nSPS) is 25.1. The van der Waals surface area contributed by atoms with Crippen LogP contribution in [0.25, 0.3) is 0 Å². The molecule has 3 nitrogen and oxygen atoms in total. The zero-order chi connectivity index (χ0) is 11.4. The molecule has 3 heteroatoms. The van der Waals surface area contributed by atoms with E-state index in [0.717, 1.165) is 37.7 Å². The molecule has 1 saturated carbocycles. The van der Waals surface area contributed by atoms with Crippen LogP contribution in [0.3, 0.4) is 0 Å². The Kier molecular flexibility index (Phi) is 3.57. The number of hydrogen-bond donors (Lipinski definition) is 1. The van der Waals surface area contributed by atoms with Crippen LogP contribution in [0.2, 0.25) is 0 Å². The maximum atomic E-state index is 10.5. The predicted octanol–water partition coefficient (Wildman–Crippen LogP) is 2.18. The first-order chi connectivity index (χ1) is 7.79. The number of hydrogen-bond acceptors (Lipinski definition) is 3. The van der Waals surface area contributed by atoms with Crippen LogP contribution >= 0.6 is 0 Å². The van der Waals surface area contributed by atoms with Crippen LogP contribution in [0.15, 0.2) is 24.3 Å². The summed E-state index contributed by atoms with van der Waals surface area (Å²) >= 11 is 0. The summed E-state index contributed by atoms with van der Waals surface area (Å²) in [5.74, 6) is 0.719. The van der Waals surface area contributed by atoms with Gasteiger partial charge in [0.1, 0.15) is 18.1 Å². The minimum atomic E-state index is -0.362. The van der Waals surface area contributed by atoms with E-state index >= 15 is 0 Å². The van der Waals surface area contributed by atoms with Gasteiger partial charge in [0.2, 0.25) is 0 Å². The summed E-state index contributed by atoms with van der Waals surface area (Å²) in [7, 11) is 0. The summed E-state index contributed by atoms with van der Waals surface area (Å²) < 4.78 is 5.70. The van der Waals surface area contributed by atoms with Crippen LogP contribution < -0.4 is 4.74 Å². The SMILES string of the molecule is O=Cc1ccc(O[C@@H]2CCCC[C@H]2O)cc1. The number of carbonyl (C=O) groups is 1. The van der Waals surface area contributed by atoms with Crippen LogP contribution in [0.4, 0.5) is 0 Å². The topological polar surface area (TPSA) is 46.5 Å². The van der Waals surface area contributed by atoms with E-state index < -0.39 is 0 Å². The number of rotatable bonds is 3. The summed E-state index contributed by atoms with van der Waals surface area (Å²) in [4.78, 5) is 10.5. The van der Waals surface area contributed by atoms with Crippen molar-refractivity contribution in [1.29, 1.82) is 0 Å². The molecule has 0 bridgehead atoms. The van der Waals surface area contributed by atoms with E-state index in [1.807, 2.05) is 0 Å². The third-order valence-electron chi connectivity index (χ3n) is 2.97. The number of ether oxygens (including phenoxy) is 1. The molecule has 0 radical (unpaired) electrons. The molecule has 2 atom stereocenters. The average molecular weight is 220 g/mol. The van der Waals surface area contributed by atoms with Gasteiger partial charge in [-0.3, -0.25) is 4.79 Å². The molecule has 0 amide bonds. The van der Waals surface area contributed by atoms with Gasteiger partial charge >= 0.3 is 0 Å². The molecule has 0 aliphatic heterocycles. The zero-order valence-electron chi connectivity index (χ0n) is 9.13. The van der Waals surface area contributed by atoms with Crippen LogP contribution in [-0.2, 0) is 0 Å². The fourth-order valence-corrected chi connectivity index (χ4v) is 2.01. The minimum Gasteiger partial charge on any atom is -0.488 e. The Balaban J connectivity index is 1.99. The van der Waals surface area contributed by atoms with Crippen molar-refractivity contribution in [2.24, 2.45) is 0 Å². The van der Waals surface area contributed by atoms with Gasteiger partial charge in [-0.05, 0) is 43.5 Å². The van der Waals surface area contributed by atoms with Gasteiger partial charge in [0, 0.05) is 5.56 Å². The molecule has 86 valence electrons. The molecule has 1 aliphatic carbocycles. The maximum absolute atomic E-state index is 10.5. The van der Waals surface area contributed by atoms with E-state index in [1.54, 1.807) is 24.3 Å². The van der Waals surface area contributed by atoms with E-state index in [0.29, 0.717) is 5.56 Å². The Bertz CT molecular complexity index is 345. The summed E-state index contributed by atoms with van der Waals surface area (Å²) in [6.45, 7) is 0. The van der Waals surface area contributed by atoms with Crippen molar-refractivity contribution in [3.63, 3.8) is 0 Å². The molecule has 2 rings (SSSR count). The largest absolute Gasteiger partial charge is 0.488 e. The quantitative estimate of drug-likeness (QED) is 0.794. The van der Waals surface area contributed by atoms with E-state index in [1.165, 1.54) is 0 Å². The number of aliphatic hydroxyl groups excluding tert-OH is 1. The standard InChI is InChI=1S/C13H16O3/c14-9-10-5-7-11(8-6-10)16-13-4-2-1-3-12(13)15/h5-9,12-13,15H,1-4H2/t12-,13-/m1/s1. The van der Waals surface area contributed by atoms with Gasteiger partial charge in [0.15, 0.2) is 0 Å². The molecule has 0 unspecified atom stereocenters. The van der Waals surface area contributed by atoms with Crippen LogP contribution in [-0.4, -0.2) is 23.6 Å². The molecule has 0 spiro atoms. The Morgan fingerprint density at radius 3 is 2.50 bits per heavy atom. The first-order valence-electron chi connectivity index (χ1n) is 5.69. The monoisotopic (exact) mass is 220 g/mol. The second kappa shape index (κ2) is 5.12. The first kappa shape index (κ1) is 11.1. The van der Waals surface area contributed by atoms with Gasteiger partial charge in [-0.15, -0.1) is 0 Å². The lowest BCUT2D eigenvalue weighted by Gasteiger charge is -2.28. The van der Waals surface area contributed by atoms with Crippen LogP contribution in [0.1, 0.15) is 36.0 Å². The second-order valence-electron chi connectivity index (χ2n) is 4.19. The number of aldehydes is 1. The Hall–Kier alpha value is -1.35. The molecule has 0 aromatic heterocycles. The highest BCUT2D eigenvalue weighted by molar-refractivity contribution is 5.74. The molecule has 1 aromatic rings. The molecular formula is C13H16O3. The molecule has 1 aromatic carbocycles. The summed E-state index contributed by atoms with van der Waals surface area (Å²) in [5.41, 5.74) is 0.636. The smallest absolute Gasteiger partial charge is 0.150 e. The molecule has 1 fully saturated rings. The molecule has 1 N–H and O–H groups in total. The van der Waals surface area contributed by atoms with Crippen molar-refractivity contribution in [2.45, 2.75) is 37.9 Å². The third-order valence-corrected chi connectivity index (χ3v) is 2.97. The highest BCUT2D eigenvalue weighted by atomic mass is 16.5. The summed E-state index contributed by atoms with van der Waals surface area (Å²) in [6, 6.07) is 6.98. The van der Waals surface area contributed by atoms with Crippen molar-refractivity contribution in [1.82, 2.24) is 0 Å². The highest BCUT2D eigenvalue weighted by Crippen LogP contribution is 2.23. The highest BCUT2D eigenvalue weighted by Gasteiger charge is 2.24. The van der Waals surface area contributed by atoms with Crippen molar-refractivity contribution in [3.05, 3.63) is 29.8 Å². The fourth-order valence-electron chi connectivity index (χ4n) is 2.01. The summed E-state index contributed by atoms with van der Waals surface area (Å²) in [5, 5.41) is 9.75. The van der Waals surface area contributed by atoms with Gasteiger partial charge in [0.25, 0.3) is 0 Å². The van der Waals surface area contributed by atoms with Gasteiger partial charge in [-0.25, -0.2) is 0 Å². The number of aliphatic hydroxyl groups is 1. The van der Waals surface area contributed by atoms with Gasteiger partial charge < -0.3 is 9.84 Å². The van der Waals surface area contributed by atoms with Gasteiger partial charge in [-0.2, -0.15) is 0 Å². The average Bonchev–Trinajstić information content (AvgIpc) is 2.33.